The number of ketones is 2. The smallest absolute Gasteiger partial charge is 0.328 e. The van der Waals surface area contributed by atoms with Gasteiger partial charge in [-0.1, -0.05) is 54.9 Å². The number of guanidine groups is 1. The van der Waals surface area contributed by atoms with Crippen molar-refractivity contribution in [2.24, 2.45) is 39.9 Å². The van der Waals surface area contributed by atoms with Crippen LogP contribution in [-0.4, -0.2) is 240 Å². The van der Waals surface area contributed by atoms with Gasteiger partial charge in [-0.15, -0.1) is 0 Å². The van der Waals surface area contributed by atoms with E-state index in [9.17, 15) is 102 Å². The van der Waals surface area contributed by atoms with Gasteiger partial charge in [-0.3, -0.25) is 81.7 Å². The van der Waals surface area contributed by atoms with E-state index in [1.165, 1.54) is 12.5 Å². The number of rotatable bonds is 41. The third-order valence-electron chi connectivity index (χ3n) is 16.6. The van der Waals surface area contributed by atoms with Crippen LogP contribution < -0.4 is 81.0 Å². The van der Waals surface area contributed by atoms with Gasteiger partial charge in [-0.2, -0.15) is 11.8 Å². The van der Waals surface area contributed by atoms with Crippen LogP contribution in [0.1, 0.15) is 164 Å². The van der Waals surface area contributed by atoms with E-state index in [1.54, 1.807) is 48.5 Å². The Balaban J connectivity index is 2.80. The van der Waals surface area contributed by atoms with E-state index in [-0.39, 0.29) is 94.9 Å². The maximum absolute atomic E-state index is 14.9. The Morgan fingerprint density at radius 3 is 1.78 bits per heavy atom. The molecule has 1 aliphatic heterocycles. The number of thioether (sulfide) groups is 1. The van der Waals surface area contributed by atoms with Crippen LogP contribution in [0.3, 0.4) is 0 Å². The lowest BCUT2D eigenvalue weighted by molar-refractivity contribution is -0.144. The number of nitrogens with two attached hydrogens (primary N) is 3. The minimum Gasteiger partial charge on any atom is -0.481 e. The Hall–Kier alpha value is -9.86. The van der Waals surface area contributed by atoms with Gasteiger partial charge in [0.25, 0.3) is 0 Å². The van der Waals surface area contributed by atoms with Crippen LogP contribution in [0.5, 0.6) is 0 Å². The number of aromatic amines is 1. The number of amides is 12. The SMILES string of the molecule is CCSCC1NC(=O)[C@H](CC(C)C)NC(=O)C(CCCN=C(N)N)NC(=O)[C@@H](NC(=O)[C@H](CC(C)C)NC(=O)[C@@H](NC(=O)[C@H](Cc2cnc[nH]2)NC(=O)[C@H](CCCCN)NC(=O)[C@H](CCC(=O)O)NC(C)=O)[C@@H](C)CC)CCC(=O)C(=O)CCCC(C(=O)N[C@@H](CC(=O)O)C(=O)N[C@@H](CO)C(=O)O)NC1=O. The number of hydrogen-bond donors (Lipinski definition) is 20. The van der Waals surface area contributed by atoms with Gasteiger partial charge in [-0.25, -0.2) is 9.78 Å². The van der Waals surface area contributed by atoms with E-state index < -0.39 is 230 Å². The molecule has 106 heavy (non-hydrogen) atoms. The van der Waals surface area contributed by atoms with E-state index >= 15 is 0 Å². The zero-order valence-corrected chi connectivity index (χ0v) is 62.0. The van der Waals surface area contributed by atoms with Gasteiger partial charge in [0.2, 0.25) is 70.9 Å². The first kappa shape index (κ1) is 92.2. The minimum atomic E-state index is -2.03. The molecule has 1 saturated heterocycles. The Bertz CT molecular complexity index is 3210. The van der Waals surface area contributed by atoms with Crippen molar-refractivity contribution in [3.63, 3.8) is 0 Å². The van der Waals surface area contributed by atoms with Crippen molar-refractivity contribution in [3.05, 3.63) is 18.2 Å². The molecule has 2 rings (SSSR count). The molecule has 0 saturated carbocycles. The fraction of sp³-hybridized carbons (Fsp3) is 0.682. The van der Waals surface area contributed by atoms with Crippen molar-refractivity contribution in [2.45, 2.75) is 237 Å². The number of carbonyl (C=O) groups is 17. The largest absolute Gasteiger partial charge is 0.481 e. The van der Waals surface area contributed by atoms with Gasteiger partial charge in [0, 0.05) is 56.8 Å². The molecule has 0 spiro atoms. The number of carboxylic acid groups (broad SMARTS) is 3. The first-order chi connectivity index (χ1) is 49.9. The number of aliphatic hydroxyl groups is 1. The first-order valence-corrected chi connectivity index (χ1v) is 36.4. The van der Waals surface area contributed by atoms with Crippen molar-refractivity contribution in [3.8, 4) is 0 Å². The zero-order valence-electron chi connectivity index (χ0n) is 61.1. The van der Waals surface area contributed by atoms with E-state index in [0.29, 0.717) is 17.9 Å². The summed E-state index contributed by atoms with van der Waals surface area (Å²) < 4.78 is 0. The number of aromatic nitrogens is 2. The first-order valence-electron chi connectivity index (χ1n) is 35.2. The number of H-pyrrole nitrogens is 1. The summed E-state index contributed by atoms with van der Waals surface area (Å²) in [6, 6.07) is -19.4. The number of nitrogens with zero attached hydrogens (tertiary/aromatic N) is 2. The van der Waals surface area contributed by atoms with Gasteiger partial charge in [0.05, 0.1) is 19.4 Å². The van der Waals surface area contributed by atoms with Gasteiger partial charge >= 0.3 is 17.9 Å². The third-order valence-corrected chi connectivity index (χ3v) is 17.6. The Morgan fingerprint density at radius 1 is 0.632 bits per heavy atom. The molecule has 39 nitrogen and oxygen atoms in total. The predicted octanol–water partition coefficient (Wildman–Crippen LogP) is -4.62. The second kappa shape index (κ2) is 48.3. The number of Topliss-reactive ketones (excluding diaryl/α,β-unsaturated/α-hetero) is 2. The third kappa shape index (κ3) is 34.8. The number of carboxylic acids is 3. The standard InChI is InChI=1S/C66H108N18O21S/c1-9-35(7)53(84-62(101)45(27-37-29-70-32-72-37)79-54(93)38(15-11-12-23-67)74-57(96)41(73-36(8)86)20-22-51(89)90)64(103)81-44(26-34(5)6)59(98)77-42-19-21-50(88)49(87)18-13-16-39(55(94)80-46(28-52(91)92)61(100)82-47(30-85)65(104)105)76-63(102)48(31-106-10-2)83-60(99)43(25-33(3)4)78-56(95)40(75-58(42)97)17-14-24-71-66(68)69/h29,32-35,38-48,53,85H,9-28,30-31,67H2,1-8H3,(H,70,72)(H,73,86)(H,74,96)(H,75,97)(H,76,102)(H,77,98)(H,78,95)(H,79,93)(H,80,94)(H,81,103)(H,82,100)(H,83,99)(H,84,101)(H,89,90)(H,91,92)(H,104,105)(H4,68,69,71)/t35-,38-,39?,40?,41-,42-,43-,44-,45-,46-,47-,48?,53-/m0/s1. The summed E-state index contributed by atoms with van der Waals surface area (Å²) in [4.78, 5) is 244. The number of imidazole rings is 1. The molecule has 0 aliphatic carbocycles. The van der Waals surface area contributed by atoms with Crippen molar-refractivity contribution in [2.75, 3.05) is 31.2 Å². The lowest BCUT2D eigenvalue weighted by atomic mass is 9.95. The number of nitrogens with one attached hydrogen (secondary N) is 13. The van der Waals surface area contributed by atoms with Gasteiger partial charge in [0.1, 0.15) is 72.5 Å². The summed E-state index contributed by atoms with van der Waals surface area (Å²) >= 11 is 1.16. The van der Waals surface area contributed by atoms with Crippen LogP contribution in [0.25, 0.3) is 0 Å². The second-order valence-corrected chi connectivity index (χ2v) is 27.8. The number of unbranched alkanes of at least 4 members (excludes halogenated alkanes) is 1. The summed E-state index contributed by atoms with van der Waals surface area (Å²) in [5, 5.41) is 67.9. The number of aliphatic imine (C=N–C) groups is 1. The van der Waals surface area contributed by atoms with E-state index in [0.717, 1.165) is 18.7 Å². The van der Waals surface area contributed by atoms with E-state index in [4.69, 9.17) is 17.2 Å². The van der Waals surface area contributed by atoms with Gasteiger partial charge < -0.3 is 106 Å². The molecule has 3 unspecified atom stereocenters. The van der Waals surface area contributed by atoms with Crippen molar-refractivity contribution in [1.29, 1.82) is 0 Å². The highest BCUT2D eigenvalue weighted by atomic mass is 32.2. The van der Waals surface area contributed by atoms with Crippen molar-refractivity contribution in [1.82, 2.24) is 73.8 Å². The van der Waals surface area contributed by atoms with E-state index in [2.05, 4.69) is 73.4 Å². The Morgan fingerprint density at radius 2 is 1.22 bits per heavy atom. The molecule has 1 fully saturated rings. The summed E-state index contributed by atoms with van der Waals surface area (Å²) in [6.45, 7) is 11.9. The number of hydrogen-bond acceptors (Lipinski definition) is 22. The molecule has 40 heteroatoms. The normalized spacial score (nSPS) is 19.4. The van der Waals surface area contributed by atoms with Crippen LogP contribution in [0.4, 0.5) is 0 Å². The molecule has 594 valence electrons. The topological polar surface area (TPSA) is 635 Å². The molecule has 1 aliphatic rings. The monoisotopic (exact) mass is 1520 g/mol. The number of aliphatic hydroxyl groups excluding tert-OH is 1. The quantitative estimate of drug-likeness (QED) is 0.0127. The molecule has 1 aromatic heterocycles. The maximum Gasteiger partial charge on any atom is 0.328 e. The van der Waals surface area contributed by atoms with Gasteiger partial charge in [0.15, 0.2) is 17.5 Å². The lowest BCUT2D eigenvalue weighted by Gasteiger charge is -2.30. The predicted molar refractivity (Wildman–Crippen MR) is 382 cm³/mol. The lowest BCUT2D eigenvalue weighted by Crippen LogP contribution is -2.62. The van der Waals surface area contributed by atoms with E-state index in [1.807, 2.05) is 5.32 Å². The molecule has 23 N–H and O–H groups in total. The van der Waals surface area contributed by atoms with Gasteiger partial charge in [-0.05, 0) is 101 Å². The summed E-state index contributed by atoms with van der Waals surface area (Å²) in [7, 11) is 0. The number of aliphatic carboxylic acids is 3. The number of carbonyl (C=O) groups excluding carboxylic acids is 14. The maximum atomic E-state index is 14.9. The fourth-order valence-corrected chi connectivity index (χ4v) is 11.5. The Labute approximate surface area is 617 Å². The Kier molecular flexibility index (Phi) is 42.0. The fourth-order valence-electron chi connectivity index (χ4n) is 10.8. The summed E-state index contributed by atoms with van der Waals surface area (Å²) in [5.74, 6) is -20.4. The molecule has 0 aromatic carbocycles. The highest BCUT2D eigenvalue weighted by molar-refractivity contribution is 7.99. The molecule has 0 bridgehead atoms. The van der Waals surface area contributed by atoms with Crippen LogP contribution in [-0.2, 0) is 87.9 Å². The summed E-state index contributed by atoms with van der Waals surface area (Å²) in [5.41, 5.74) is 17.2. The molecule has 12 amide bonds. The molecule has 0 radical (unpaired) electrons. The van der Waals surface area contributed by atoms with Crippen LogP contribution in [0.15, 0.2) is 17.5 Å². The summed E-state index contributed by atoms with van der Waals surface area (Å²) in [6.07, 6.45) is -2.18. The molecule has 2 heterocycles. The van der Waals surface area contributed by atoms with Crippen molar-refractivity contribution >= 4 is 118 Å². The highest BCUT2D eigenvalue weighted by Crippen LogP contribution is 2.17. The van der Waals surface area contributed by atoms with Crippen LogP contribution in [0.2, 0.25) is 0 Å². The zero-order chi connectivity index (χ0) is 79.9. The molecule has 13 atom stereocenters. The average molecular weight is 1520 g/mol. The van der Waals surface area contributed by atoms with Crippen LogP contribution in [0, 0.1) is 17.8 Å². The molecular formula is C66H108N18O21S. The molecular weight excluding hydrogens is 1410 g/mol. The van der Waals surface area contributed by atoms with Crippen molar-refractivity contribution < 1.29 is 102 Å². The highest BCUT2D eigenvalue weighted by Gasteiger charge is 2.39. The average Bonchev–Trinajstić information content (AvgIpc) is 1.01. The van der Waals surface area contributed by atoms with Crippen LogP contribution >= 0.6 is 11.8 Å². The minimum absolute atomic E-state index is 0.000504. The molecule has 1 aromatic rings. The second-order valence-electron chi connectivity index (χ2n) is 26.5.